The first-order chi connectivity index (χ1) is 10.1. The Kier molecular flexibility index (Phi) is 13.3. The van der Waals surface area contributed by atoms with Gasteiger partial charge in [-0.05, 0) is 49.6 Å². The van der Waals surface area contributed by atoms with Crippen molar-refractivity contribution in [3.63, 3.8) is 0 Å². The highest BCUT2D eigenvalue weighted by Gasteiger charge is 2.27. The summed E-state index contributed by atoms with van der Waals surface area (Å²) in [6.07, 6.45) is 3.90. The second-order valence-electron chi connectivity index (χ2n) is 4.42. The van der Waals surface area contributed by atoms with Crippen molar-refractivity contribution in [3.8, 4) is 0 Å². The Bertz CT molecular complexity index is 387. The lowest BCUT2D eigenvalue weighted by molar-refractivity contribution is 0.401. The number of hydrogen-bond donors (Lipinski definition) is 1. The van der Waals surface area contributed by atoms with Gasteiger partial charge in [-0.25, -0.2) is 4.39 Å². The van der Waals surface area contributed by atoms with Gasteiger partial charge in [0.05, 0.1) is 5.54 Å². The van der Waals surface area contributed by atoms with Crippen LogP contribution in [0.2, 0.25) is 0 Å². The molecule has 1 nitrogen and oxygen atoms in total. The Morgan fingerprint density at radius 1 is 1.19 bits per heavy atom. The number of rotatable bonds is 6. The van der Waals surface area contributed by atoms with E-state index in [-0.39, 0.29) is 11.4 Å². The van der Waals surface area contributed by atoms with E-state index in [4.69, 9.17) is 0 Å². The van der Waals surface area contributed by atoms with Crippen molar-refractivity contribution in [3.05, 3.63) is 47.8 Å². The molecule has 0 amide bonds. The van der Waals surface area contributed by atoms with Crippen molar-refractivity contribution in [1.29, 1.82) is 0 Å². The molecule has 0 aromatic heterocycles. The third-order valence-electron chi connectivity index (χ3n) is 3.27. The standard InChI is InChI=1S/C15H22FN.2C2H6/c1-5-10-17-15(6-2,7-3)14-9-8-13(16)11-12(14)4;2*1-2/h6,8-9,11,17H,2,5,7,10H2,1,3-4H3;2*1-2H3/t15-;;/m0../s1. The van der Waals surface area contributed by atoms with Crippen molar-refractivity contribution in [2.45, 2.75) is 66.8 Å². The minimum absolute atomic E-state index is 0.184. The Labute approximate surface area is 131 Å². The molecular weight excluding hydrogens is 261 g/mol. The van der Waals surface area contributed by atoms with Crippen LogP contribution >= 0.6 is 0 Å². The van der Waals surface area contributed by atoms with Crippen LogP contribution in [0.25, 0.3) is 0 Å². The van der Waals surface area contributed by atoms with Gasteiger partial charge in [0.2, 0.25) is 0 Å². The molecule has 1 aromatic carbocycles. The molecule has 0 heterocycles. The molecule has 2 heteroatoms. The maximum atomic E-state index is 13.1. The Morgan fingerprint density at radius 3 is 2.14 bits per heavy atom. The predicted octanol–water partition coefficient (Wildman–Crippen LogP) is 5.98. The summed E-state index contributed by atoms with van der Waals surface area (Å²) in [7, 11) is 0. The monoisotopic (exact) mass is 295 g/mol. The van der Waals surface area contributed by atoms with Crippen molar-refractivity contribution in [2.24, 2.45) is 0 Å². The van der Waals surface area contributed by atoms with E-state index in [1.54, 1.807) is 6.07 Å². The second kappa shape index (κ2) is 12.6. The molecule has 1 N–H and O–H groups in total. The molecule has 1 aromatic rings. The number of benzene rings is 1. The number of nitrogens with one attached hydrogen (secondary N) is 1. The van der Waals surface area contributed by atoms with Crippen LogP contribution in [0.15, 0.2) is 30.9 Å². The molecule has 0 bridgehead atoms. The quantitative estimate of drug-likeness (QED) is 0.637. The van der Waals surface area contributed by atoms with Crippen LogP contribution in [-0.4, -0.2) is 6.54 Å². The van der Waals surface area contributed by atoms with Gasteiger partial charge in [-0.2, -0.15) is 0 Å². The highest BCUT2D eigenvalue weighted by atomic mass is 19.1. The van der Waals surface area contributed by atoms with Gasteiger partial charge in [0.25, 0.3) is 0 Å². The highest BCUT2D eigenvalue weighted by molar-refractivity contribution is 5.36. The van der Waals surface area contributed by atoms with E-state index in [0.29, 0.717) is 0 Å². The second-order valence-corrected chi connectivity index (χ2v) is 4.42. The third-order valence-corrected chi connectivity index (χ3v) is 3.27. The molecular formula is C19H34FN. The molecule has 0 saturated carbocycles. The smallest absolute Gasteiger partial charge is 0.123 e. The van der Waals surface area contributed by atoms with Gasteiger partial charge >= 0.3 is 0 Å². The summed E-state index contributed by atoms with van der Waals surface area (Å²) >= 11 is 0. The average molecular weight is 295 g/mol. The molecule has 0 fully saturated rings. The summed E-state index contributed by atoms with van der Waals surface area (Å²) in [4.78, 5) is 0. The topological polar surface area (TPSA) is 12.0 Å². The van der Waals surface area contributed by atoms with Gasteiger partial charge in [0.15, 0.2) is 0 Å². The van der Waals surface area contributed by atoms with Crippen LogP contribution in [0.4, 0.5) is 4.39 Å². The van der Waals surface area contributed by atoms with Crippen molar-refractivity contribution in [2.75, 3.05) is 6.54 Å². The van der Waals surface area contributed by atoms with Gasteiger partial charge in [0.1, 0.15) is 5.82 Å². The van der Waals surface area contributed by atoms with Crippen LogP contribution in [0.3, 0.4) is 0 Å². The minimum Gasteiger partial charge on any atom is -0.304 e. The SMILES string of the molecule is C=C[C@@](CC)(NCCC)c1ccc(F)cc1C.CC.CC. The van der Waals surface area contributed by atoms with Gasteiger partial charge in [-0.15, -0.1) is 6.58 Å². The Hall–Kier alpha value is -1.15. The summed E-state index contributed by atoms with van der Waals surface area (Å²) in [5.74, 6) is -0.184. The fraction of sp³-hybridized carbons (Fsp3) is 0.579. The zero-order chi connectivity index (χ0) is 16.9. The summed E-state index contributed by atoms with van der Waals surface area (Å²) in [6.45, 7) is 19.1. The zero-order valence-electron chi connectivity index (χ0n) is 15.0. The lowest BCUT2D eigenvalue weighted by Gasteiger charge is -2.33. The average Bonchev–Trinajstić information content (AvgIpc) is 2.54. The summed E-state index contributed by atoms with van der Waals surface area (Å²) < 4.78 is 13.1. The summed E-state index contributed by atoms with van der Waals surface area (Å²) in [5.41, 5.74) is 1.84. The van der Waals surface area contributed by atoms with E-state index < -0.39 is 0 Å². The fourth-order valence-electron chi connectivity index (χ4n) is 2.21. The molecule has 0 spiro atoms. The lowest BCUT2D eigenvalue weighted by atomic mass is 9.84. The molecule has 0 aliphatic heterocycles. The maximum Gasteiger partial charge on any atom is 0.123 e. The third kappa shape index (κ3) is 6.43. The molecule has 122 valence electrons. The van der Waals surface area contributed by atoms with Crippen LogP contribution < -0.4 is 5.32 Å². The van der Waals surface area contributed by atoms with E-state index in [1.165, 1.54) is 6.07 Å². The fourth-order valence-corrected chi connectivity index (χ4v) is 2.21. The Morgan fingerprint density at radius 2 is 1.76 bits per heavy atom. The molecule has 0 unspecified atom stereocenters. The highest BCUT2D eigenvalue weighted by Crippen LogP contribution is 2.29. The lowest BCUT2D eigenvalue weighted by Crippen LogP contribution is -2.41. The number of hydrogen-bond acceptors (Lipinski definition) is 1. The zero-order valence-corrected chi connectivity index (χ0v) is 15.0. The van der Waals surface area contributed by atoms with Gasteiger partial charge in [-0.3, -0.25) is 0 Å². The van der Waals surface area contributed by atoms with Crippen molar-refractivity contribution in [1.82, 2.24) is 5.32 Å². The molecule has 0 saturated heterocycles. The normalized spacial score (nSPS) is 12.2. The molecule has 1 atom stereocenters. The first-order valence-electron chi connectivity index (χ1n) is 8.25. The minimum atomic E-state index is -0.242. The van der Waals surface area contributed by atoms with Crippen molar-refractivity contribution >= 4 is 0 Å². The molecule has 0 radical (unpaired) electrons. The molecule has 1 rings (SSSR count). The number of aryl methyl sites for hydroxylation is 1. The first kappa shape index (κ1) is 22.1. The van der Waals surface area contributed by atoms with Gasteiger partial charge < -0.3 is 5.32 Å². The summed E-state index contributed by atoms with van der Waals surface area (Å²) in [5, 5.41) is 3.52. The van der Waals surface area contributed by atoms with E-state index in [2.05, 4.69) is 25.7 Å². The van der Waals surface area contributed by atoms with Crippen LogP contribution in [0, 0.1) is 12.7 Å². The van der Waals surface area contributed by atoms with E-state index in [1.807, 2.05) is 46.8 Å². The Balaban J connectivity index is 0. The van der Waals surface area contributed by atoms with Crippen molar-refractivity contribution < 1.29 is 4.39 Å². The predicted molar refractivity (Wildman–Crippen MR) is 94.3 cm³/mol. The van der Waals surface area contributed by atoms with E-state index in [9.17, 15) is 4.39 Å². The molecule has 0 aliphatic rings. The van der Waals surface area contributed by atoms with Crippen LogP contribution in [0.1, 0.15) is 65.5 Å². The molecule has 0 aliphatic carbocycles. The van der Waals surface area contributed by atoms with Gasteiger partial charge in [0, 0.05) is 0 Å². The van der Waals surface area contributed by atoms with E-state index in [0.717, 1.165) is 30.5 Å². The van der Waals surface area contributed by atoms with Crippen LogP contribution in [-0.2, 0) is 5.54 Å². The molecule has 21 heavy (non-hydrogen) atoms. The maximum absolute atomic E-state index is 13.1. The summed E-state index contributed by atoms with van der Waals surface area (Å²) in [6, 6.07) is 4.96. The largest absolute Gasteiger partial charge is 0.304 e. The van der Waals surface area contributed by atoms with Crippen LogP contribution in [0.5, 0.6) is 0 Å². The van der Waals surface area contributed by atoms with E-state index >= 15 is 0 Å². The number of halogens is 1. The van der Waals surface area contributed by atoms with Gasteiger partial charge in [-0.1, -0.05) is 53.7 Å². The first-order valence-corrected chi connectivity index (χ1v) is 8.25.